The summed E-state index contributed by atoms with van der Waals surface area (Å²) in [6, 6.07) is 94.9. The van der Waals surface area contributed by atoms with Gasteiger partial charge in [-0.05, 0) is 116 Å². The molecule has 0 amide bonds. The summed E-state index contributed by atoms with van der Waals surface area (Å²) in [6.45, 7) is 4.39. The molecule has 77 heavy (non-hydrogen) atoms. The molecule has 5 nitrogen and oxygen atoms in total. The van der Waals surface area contributed by atoms with Crippen LogP contribution in [0.4, 0.5) is 0 Å². The highest BCUT2D eigenvalue weighted by Crippen LogP contribution is 2.46. The molecule has 0 saturated heterocycles. The second-order valence-corrected chi connectivity index (χ2v) is 20.3. The lowest BCUT2D eigenvalue weighted by molar-refractivity contribution is 1.16. The molecule has 4 aromatic heterocycles. The molecule has 0 N–H and O–H groups in total. The van der Waals surface area contributed by atoms with Gasteiger partial charge in [0.25, 0.3) is 0 Å². The van der Waals surface area contributed by atoms with Gasteiger partial charge < -0.3 is 13.7 Å². The molecule has 5 heteroatoms. The van der Waals surface area contributed by atoms with Gasteiger partial charge in [0.15, 0.2) is 5.82 Å². The maximum Gasteiger partial charge on any atom is 0.160 e. The molecule has 15 aromatic rings. The van der Waals surface area contributed by atoms with Gasteiger partial charge in [-0.15, -0.1) is 0 Å². The predicted octanol–water partition coefficient (Wildman–Crippen LogP) is 18.7. The van der Waals surface area contributed by atoms with Crippen LogP contribution >= 0.6 is 0 Å². The van der Waals surface area contributed by atoms with E-state index in [2.05, 4.69) is 282 Å². The summed E-state index contributed by atoms with van der Waals surface area (Å²) in [6.07, 6.45) is 0. The van der Waals surface area contributed by atoms with E-state index in [9.17, 15) is 0 Å². The van der Waals surface area contributed by atoms with Gasteiger partial charge in [-0.1, -0.05) is 181 Å². The van der Waals surface area contributed by atoms with E-state index in [0.717, 1.165) is 78.4 Å². The van der Waals surface area contributed by atoms with Gasteiger partial charge in [0.2, 0.25) is 0 Å². The van der Waals surface area contributed by atoms with E-state index in [1.807, 2.05) is 6.07 Å². The highest BCUT2D eigenvalue weighted by atomic mass is 15.0. The van der Waals surface area contributed by atoms with Gasteiger partial charge in [-0.25, -0.2) is 9.97 Å². The number of hydrogen-bond acceptors (Lipinski definition) is 2. The zero-order valence-electron chi connectivity index (χ0n) is 42.6. The maximum absolute atomic E-state index is 5.51. The average Bonchev–Trinajstić information content (AvgIpc) is 4.34. The van der Waals surface area contributed by atoms with Crippen molar-refractivity contribution in [3.05, 3.63) is 272 Å². The summed E-state index contributed by atoms with van der Waals surface area (Å²) in [5.41, 5.74) is 21.6. The van der Waals surface area contributed by atoms with Gasteiger partial charge in [-0.2, -0.15) is 0 Å². The largest absolute Gasteiger partial charge is 0.309 e. The number of aryl methyl sites for hydroxylation is 2. The van der Waals surface area contributed by atoms with E-state index < -0.39 is 0 Å². The zero-order chi connectivity index (χ0) is 51.1. The summed E-state index contributed by atoms with van der Waals surface area (Å²) in [5.74, 6) is 0.670. The molecule has 0 aliphatic heterocycles. The minimum absolute atomic E-state index is 0.670. The molecular weight excluding hydrogens is 935 g/mol. The second kappa shape index (κ2) is 17.8. The maximum atomic E-state index is 5.51. The Kier molecular flexibility index (Phi) is 10.3. The van der Waals surface area contributed by atoms with Crippen molar-refractivity contribution in [2.75, 3.05) is 0 Å². The van der Waals surface area contributed by atoms with Gasteiger partial charge in [-0.3, -0.25) is 0 Å². The first-order chi connectivity index (χ1) is 38.0. The smallest absolute Gasteiger partial charge is 0.160 e. The van der Waals surface area contributed by atoms with E-state index in [1.165, 1.54) is 65.5 Å². The quantitative estimate of drug-likeness (QED) is 0.152. The standard InChI is InChI=1S/C72H49N5/c1-46-35-37-69-61(39-46)62-40-47(2)36-38-70(62)77(69)71-59(50-23-17-25-53(41-50)75-65-31-13-9-27-55(65)56-28-10-14-32-66(56)75)43-52(64-45-63(48-19-5-3-6-20-48)73-72(74-64)49-21-7-4-8-22-49)44-60(71)51-24-18-26-54(42-51)76-67-33-15-11-29-57(67)58-30-12-16-34-68(58)76/h3-45H,1-2H3. The first-order valence-corrected chi connectivity index (χ1v) is 26.4. The van der Waals surface area contributed by atoms with Gasteiger partial charge in [0.1, 0.15) is 0 Å². The van der Waals surface area contributed by atoms with Crippen molar-refractivity contribution in [2.45, 2.75) is 13.8 Å². The van der Waals surface area contributed by atoms with Crippen LogP contribution in [-0.4, -0.2) is 23.7 Å². The number of aromatic nitrogens is 5. The Morgan fingerprint density at radius 2 is 0.636 bits per heavy atom. The molecule has 11 aromatic carbocycles. The Bertz CT molecular complexity index is 4420. The van der Waals surface area contributed by atoms with Crippen LogP contribution in [-0.2, 0) is 0 Å². The van der Waals surface area contributed by atoms with Crippen molar-refractivity contribution in [1.29, 1.82) is 0 Å². The monoisotopic (exact) mass is 983 g/mol. The molecule has 362 valence electrons. The SMILES string of the molecule is Cc1ccc2c(c1)c1cc(C)ccc1n2-c1c(-c2cccc(-n3c4ccccc4c4ccccc43)c2)cc(-c2cc(-c3ccccc3)nc(-c3ccccc3)n2)cc1-c1cccc(-n2c3ccccc3c3ccccc32)c1. The van der Waals surface area contributed by atoms with Crippen LogP contribution in [0.15, 0.2) is 261 Å². The number of hydrogen-bond donors (Lipinski definition) is 0. The second-order valence-electron chi connectivity index (χ2n) is 20.3. The molecule has 0 atom stereocenters. The fraction of sp³-hybridized carbons (Fsp3) is 0.0278. The van der Waals surface area contributed by atoms with Gasteiger partial charge >= 0.3 is 0 Å². The Balaban J connectivity index is 1.08. The molecule has 0 saturated carbocycles. The number of rotatable bonds is 8. The minimum Gasteiger partial charge on any atom is -0.309 e. The normalized spacial score (nSPS) is 11.8. The van der Waals surface area contributed by atoms with Crippen molar-refractivity contribution < 1.29 is 0 Å². The van der Waals surface area contributed by atoms with Gasteiger partial charge in [0, 0.05) is 71.5 Å². The molecule has 15 rings (SSSR count). The van der Waals surface area contributed by atoms with Crippen molar-refractivity contribution in [3.8, 4) is 73.2 Å². The van der Waals surface area contributed by atoms with E-state index in [0.29, 0.717) is 5.82 Å². The fourth-order valence-electron chi connectivity index (χ4n) is 12.0. The third-order valence-corrected chi connectivity index (χ3v) is 15.5. The van der Waals surface area contributed by atoms with Crippen molar-refractivity contribution >= 4 is 65.4 Å². The van der Waals surface area contributed by atoms with Crippen molar-refractivity contribution in [3.63, 3.8) is 0 Å². The Morgan fingerprint density at radius 3 is 1.09 bits per heavy atom. The molecule has 0 aliphatic carbocycles. The van der Waals surface area contributed by atoms with Gasteiger partial charge in [0.05, 0.1) is 50.2 Å². The lowest BCUT2D eigenvalue weighted by Crippen LogP contribution is -2.04. The highest BCUT2D eigenvalue weighted by Gasteiger charge is 2.25. The fourth-order valence-corrected chi connectivity index (χ4v) is 12.0. The summed E-state index contributed by atoms with van der Waals surface area (Å²) < 4.78 is 7.37. The zero-order valence-corrected chi connectivity index (χ0v) is 42.6. The molecule has 0 aliphatic rings. The van der Waals surface area contributed by atoms with E-state index in [4.69, 9.17) is 9.97 Å². The third kappa shape index (κ3) is 7.31. The van der Waals surface area contributed by atoms with Crippen LogP contribution in [0.25, 0.3) is 139 Å². The van der Waals surface area contributed by atoms with Crippen LogP contribution in [0.2, 0.25) is 0 Å². The van der Waals surface area contributed by atoms with E-state index in [1.54, 1.807) is 0 Å². The van der Waals surface area contributed by atoms with Crippen LogP contribution in [0, 0.1) is 13.8 Å². The highest BCUT2D eigenvalue weighted by molar-refractivity contribution is 6.13. The first kappa shape index (κ1) is 44.4. The number of fused-ring (bicyclic) bond motifs is 9. The lowest BCUT2D eigenvalue weighted by atomic mass is 9.91. The summed E-state index contributed by atoms with van der Waals surface area (Å²) >= 11 is 0. The molecule has 0 radical (unpaired) electrons. The number of benzene rings is 11. The lowest BCUT2D eigenvalue weighted by Gasteiger charge is -2.22. The predicted molar refractivity (Wildman–Crippen MR) is 322 cm³/mol. The van der Waals surface area contributed by atoms with Crippen LogP contribution < -0.4 is 0 Å². The number of nitrogens with zero attached hydrogens (tertiary/aromatic N) is 5. The summed E-state index contributed by atoms with van der Waals surface area (Å²) in [5, 5.41) is 7.35. The molecule has 0 spiro atoms. The molecule has 0 bridgehead atoms. The molecule has 0 unspecified atom stereocenters. The topological polar surface area (TPSA) is 40.6 Å². The Hall–Kier alpha value is -10.1. The van der Waals surface area contributed by atoms with Crippen molar-refractivity contribution in [1.82, 2.24) is 23.7 Å². The third-order valence-electron chi connectivity index (χ3n) is 15.5. The minimum atomic E-state index is 0.670. The first-order valence-electron chi connectivity index (χ1n) is 26.4. The van der Waals surface area contributed by atoms with Crippen LogP contribution in [0.1, 0.15) is 11.1 Å². The Labute approximate surface area is 445 Å². The molecular formula is C72H49N5. The average molecular weight is 984 g/mol. The van der Waals surface area contributed by atoms with E-state index >= 15 is 0 Å². The molecule has 0 fully saturated rings. The summed E-state index contributed by atoms with van der Waals surface area (Å²) in [7, 11) is 0. The number of para-hydroxylation sites is 4. The Morgan fingerprint density at radius 1 is 0.260 bits per heavy atom. The van der Waals surface area contributed by atoms with E-state index in [-0.39, 0.29) is 0 Å². The van der Waals surface area contributed by atoms with Crippen LogP contribution in [0.3, 0.4) is 0 Å². The summed E-state index contributed by atoms with van der Waals surface area (Å²) in [4.78, 5) is 10.8. The van der Waals surface area contributed by atoms with Crippen molar-refractivity contribution in [2.24, 2.45) is 0 Å². The molecule has 4 heterocycles. The van der Waals surface area contributed by atoms with Crippen LogP contribution in [0.5, 0.6) is 0 Å².